The molecular formula is C19H22FN3O. The second kappa shape index (κ2) is 7.43. The first-order chi connectivity index (χ1) is 11.7. The summed E-state index contributed by atoms with van der Waals surface area (Å²) in [5.74, 6) is 1.02. The van der Waals surface area contributed by atoms with Crippen LogP contribution in [0.1, 0.15) is 29.9 Å². The highest BCUT2D eigenvalue weighted by Gasteiger charge is 2.25. The van der Waals surface area contributed by atoms with Gasteiger partial charge in [-0.05, 0) is 48.2 Å². The number of rotatable bonds is 4. The van der Waals surface area contributed by atoms with E-state index in [0.29, 0.717) is 12.3 Å². The Morgan fingerprint density at radius 3 is 2.88 bits per heavy atom. The van der Waals surface area contributed by atoms with Crippen molar-refractivity contribution < 1.29 is 9.18 Å². The van der Waals surface area contributed by atoms with Gasteiger partial charge in [0.05, 0.1) is 6.42 Å². The van der Waals surface area contributed by atoms with Gasteiger partial charge >= 0.3 is 0 Å². The van der Waals surface area contributed by atoms with E-state index in [1.54, 1.807) is 18.3 Å². The van der Waals surface area contributed by atoms with Crippen LogP contribution in [-0.2, 0) is 11.2 Å². The van der Waals surface area contributed by atoms with Gasteiger partial charge in [0.1, 0.15) is 11.6 Å². The van der Waals surface area contributed by atoms with E-state index < -0.39 is 0 Å². The van der Waals surface area contributed by atoms with Crippen LogP contribution in [0.3, 0.4) is 0 Å². The number of amides is 1. The Morgan fingerprint density at radius 1 is 1.33 bits per heavy atom. The number of benzene rings is 1. The number of halogens is 1. The third-order valence-electron chi connectivity index (χ3n) is 4.55. The van der Waals surface area contributed by atoms with Gasteiger partial charge in [-0.1, -0.05) is 12.1 Å². The topological polar surface area (TPSA) is 45.2 Å². The standard InChI is InChI=1S/C19H22FN3O/c1-21-18-12-15(8-9-22-18)16-3-2-10-23(13-16)19(24)11-14-4-6-17(20)7-5-14/h4-9,12,16H,2-3,10-11,13H2,1H3,(H,21,22)/t16-/m0/s1. The second-order valence-electron chi connectivity index (χ2n) is 6.21. The van der Waals surface area contributed by atoms with Crippen molar-refractivity contribution in [2.75, 3.05) is 25.5 Å². The Morgan fingerprint density at radius 2 is 2.12 bits per heavy atom. The number of nitrogens with zero attached hydrogens (tertiary/aromatic N) is 2. The highest BCUT2D eigenvalue weighted by Crippen LogP contribution is 2.28. The van der Waals surface area contributed by atoms with Crippen LogP contribution >= 0.6 is 0 Å². The van der Waals surface area contributed by atoms with Crippen LogP contribution in [0.25, 0.3) is 0 Å². The minimum Gasteiger partial charge on any atom is -0.373 e. The van der Waals surface area contributed by atoms with E-state index >= 15 is 0 Å². The molecule has 3 rings (SSSR count). The Hall–Kier alpha value is -2.43. The third kappa shape index (κ3) is 3.91. The number of likely N-dealkylation sites (tertiary alicyclic amines) is 1. The molecule has 24 heavy (non-hydrogen) atoms. The smallest absolute Gasteiger partial charge is 0.227 e. The van der Waals surface area contributed by atoms with E-state index in [9.17, 15) is 9.18 Å². The van der Waals surface area contributed by atoms with Crippen LogP contribution < -0.4 is 5.32 Å². The van der Waals surface area contributed by atoms with E-state index in [-0.39, 0.29) is 11.7 Å². The molecule has 126 valence electrons. The molecule has 2 aromatic rings. The molecule has 1 atom stereocenters. The monoisotopic (exact) mass is 327 g/mol. The normalized spacial score (nSPS) is 17.6. The van der Waals surface area contributed by atoms with Crippen molar-refractivity contribution in [3.05, 3.63) is 59.5 Å². The maximum atomic E-state index is 13.0. The molecule has 4 nitrogen and oxygen atoms in total. The maximum absolute atomic E-state index is 13.0. The van der Waals surface area contributed by atoms with E-state index in [1.165, 1.54) is 17.7 Å². The number of carbonyl (C=O) groups excluding carboxylic acids is 1. The Kier molecular flexibility index (Phi) is 5.08. The van der Waals surface area contributed by atoms with Crippen molar-refractivity contribution in [3.63, 3.8) is 0 Å². The zero-order valence-corrected chi connectivity index (χ0v) is 13.8. The SMILES string of the molecule is CNc1cc([C@H]2CCCN(C(=O)Cc3ccc(F)cc3)C2)ccn1. The zero-order chi connectivity index (χ0) is 16.9. The predicted molar refractivity (Wildman–Crippen MR) is 92.4 cm³/mol. The molecule has 0 spiro atoms. The molecule has 1 saturated heterocycles. The van der Waals surface area contributed by atoms with Crippen molar-refractivity contribution in [3.8, 4) is 0 Å². The zero-order valence-electron chi connectivity index (χ0n) is 13.8. The van der Waals surface area contributed by atoms with Gasteiger partial charge in [-0.15, -0.1) is 0 Å². The Bertz CT molecular complexity index is 702. The van der Waals surface area contributed by atoms with Crippen LogP contribution in [0.4, 0.5) is 10.2 Å². The van der Waals surface area contributed by atoms with Crippen LogP contribution in [-0.4, -0.2) is 35.9 Å². The molecule has 1 aromatic heterocycles. The Labute approximate surface area is 141 Å². The molecule has 0 saturated carbocycles. The van der Waals surface area contributed by atoms with Crippen molar-refractivity contribution in [1.29, 1.82) is 0 Å². The number of hydrogen-bond acceptors (Lipinski definition) is 3. The number of pyridine rings is 1. The van der Waals surface area contributed by atoms with Gasteiger partial charge in [0.15, 0.2) is 0 Å². The van der Waals surface area contributed by atoms with E-state index in [0.717, 1.165) is 37.3 Å². The van der Waals surface area contributed by atoms with Gasteiger partial charge in [-0.25, -0.2) is 9.37 Å². The summed E-state index contributed by atoms with van der Waals surface area (Å²) in [6.07, 6.45) is 4.20. The molecule has 1 aliphatic rings. The van der Waals surface area contributed by atoms with E-state index in [4.69, 9.17) is 0 Å². The fraction of sp³-hybridized carbons (Fsp3) is 0.368. The summed E-state index contributed by atoms with van der Waals surface area (Å²) in [6.45, 7) is 1.52. The molecule has 2 heterocycles. The molecular weight excluding hydrogens is 305 g/mol. The molecule has 0 radical (unpaired) electrons. The quantitative estimate of drug-likeness (QED) is 0.938. The summed E-state index contributed by atoms with van der Waals surface area (Å²) in [5.41, 5.74) is 2.07. The predicted octanol–water partition coefficient (Wildman–Crippen LogP) is 3.21. The van der Waals surface area contributed by atoms with Gasteiger partial charge in [0, 0.05) is 32.3 Å². The lowest BCUT2D eigenvalue weighted by Crippen LogP contribution is -2.40. The molecule has 0 aliphatic carbocycles. The van der Waals surface area contributed by atoms with Gasteiger partial charge < -0.3 is 10.2 Å². The number of aromatic nitrogens is 1. The van der Waals surface area contributed by atoms with Gasteiger partial charge in [0.2, 0.25) is 5.91 Å². The van der Waals surface area contributed by atoms with E-state index in [1.807, 2.05) is 18.0 Å². The summed E-state index contributed by atoms with van der Waals surface area (Å²) < 4.78 is 13.0. The molecule has 1 aliphatic heterocycles. The summed E-state index contributed by atoms with van der Waals surface area (Å²) in [7, 11) is 1.85. The number of nitrogens with one attached hydrogen (secondary N) is 1. The summed E-state index contributed by atoms with van der Waals surface area (Å²) in [4.78, 5) is 18.7. The third-order valence-corrected chi connectivity index (χ3v) is 4.55. The van der Waals surface area contributed by atoms with E-state index in [2.05, 4.69) is 16.4 Å². The molecule has 1 aromatic carbocycles. The number of hydrogen-bond donors (Lipinski definition) is 1. The van der Waals surface area contributed by atoms with Crippen molar-refractivity contribution in [1.82, 2.24) is 9.88 Å². The number of piperidine rings is 1. The Balaban J connectivity index is 1.66. The summed E-state index contributed by atoms with van der Waals surface area (Å²) in [5, 5.41) is 3.06. The van der Waals surface area contributed by atoms with Gasteiger partial charge in [-0.2, -0.15) is 0 Å². The number of anilines is 1. The highest BCUT2D eigenvalue weighted by molar-refractivity contribution is 5.79. The first-order valence-electron chi connectivity index (χ1n) is 8.31. The maximum Gasteiger partial charge on any atom is 0.227 e. The fourth-order valence-corrected chi connectivity index (χ4v) is 3.20. The fourth-order valence-electron chi connectivity index (χ4n) is 3.20. The molecule has 1 N–H and O–H groups in total. The minimum absolute atomic E-state index is 0.106. The van der Waals surface area contributed by atoms with Crippen LogP contribution in [0.15, 0.2) is 42.6 Å². The van der Waals surface area contributed by atoms with Crippen LogP contribution in [0, 0.1) is 5.82 Å². The average molecular weight is 327 g/mol. The summed E-state index contributed by atoms with van der Waals surface area (Å²) in [6, 6.07) is 10.2. The van der Waals surface area contributed by atoms with Crippen LogP contribution in [0.2, 0.25) is 0 Å². The van der Waals surface area contributed by atoms with Gasteiger partial charge in [0.25, 0.3) is 0 Å². The second-order valence-corrected chi connectivity index (χ2v) is 6.21. The molecule has 1 amide bonds. The van der Waals surface area contributed by atoms with Crippen LogP contribution in [0.5, 0.6) is 0 Å². The number of carbonyl (C=O) groups is 1. The highest BCUT2D eigenvalue weighted by atomic mass is 19.1. The molecule has 1 fully saturated rings. The lowest BCUT2D eigenvalue weighted by Gasteiger charge is -2.33. The lowest BCUT2D eigenvalue weighted by atomic mass is 9.91. The average Bonchev–Trinajstić information content (AvgIpc) is 2.64. The minimum atomic E-state index is -0.276. The first-order valence-corrected chi connectivity index (χ1v) is 8.31. The van der Waals surface area contributed by atoms with Crippen molar-refractivity contribution in [2.24, 2.45) is 0 Å². The molecule has 0 unspecified atom stereocenters. The summed E-state index contributed by atoms with van der Waals surface area (Å²) >= 11 is 0. The van der Waals surface area contributed by atoms with Crippen molar-refractivity contribution >= 4 is 11.7 Å². The lowest BCUT2D eigenvalue weighted by molar-refractivity contribution is -0.131. The largest absolute Gasteiger partial charge is 0.373 e. The molecule has 0 bridgehead atoms. The first kappa shape index (κ1) is 16.4. The van der Waals surface area contributed by atoms with Crippen molar-refractivity contribution in [2.45, 2.75) is 25.2 Å². The van der Waals surface area contributed by atoms with Gasteiger partial charge in [-0.3, -0.25) is 4.79 Å². The molecule has 5 heteroatoms.